The van der Waals surface area contributed by atoms with Crippen LogP contribution in [0.2, 0.25) is 0 Å². The Hall–Kier alpha value is -0.900. The number of nitrogens with one attached hydrogen (secondary N) is 1. The molecule has 2 N–H and O–H groups in total. The lowest BCUT2D eigenvalue weighted by atomic mass is 10.1. The first-order valence-electron chi connectivity index (χ1n) is 5.39. The van der Waals surface area contributed by atoms with Crippen molar-refractivity contribution in [3.8, 4) is 0 Å². The van der Waals surface area contributed by atoms with E-state index in [0.717, 1.165) is 13.0 Å². The zero-order chi connectivity index (χ0) is 10.5. The van der Waals surface area contributed by atoms with E-state index in [1.54, 1.807) is 0 Å². The van der Waals surface area contributed by atoms with Crippen LogP contribution in [0.1, 0.15) is 5.56 Å². The molecule has 0 spiro atoms. The highest BCUT2D eigenvalue weighted by Crippen LogP contribution is 2.05. The maximum absolute atomic E-state index is 9.50. The zero-order valence-electron chi connectivity index (χ0n) is 8.73. The molecule has 1 aromatic carbocycles. The highest BCUT2D eigenvalue weighted by atomic mass is 16.5. The summed E-state index contributed by atoms with van der Waals surface area (Å²) in [5, 5.41) is 12.8. The standard InChI is InChI=1S/C12H17NO2/c14-12-9-15-8-11(12)13-7-6-10-4-2-1-3-5-10/h1-5,11-14H,6-9H2. The fraction of sp³-hybridized carbons (Fsp3) is 0.500. The minimum Gasteiger partial charge on any atom is -0.389 e. The average molecular weight is 207 g/mol. The molecule has 2 atom stereocenters. The van der Waals surface area contributed by atoms with Crippen LogP contribution in [0, 0.1) is 0 Å². The lowest BCUT2D eigenvalue weighted by Gasteiger charge is -2.14. The van der Waals surface area contributed by atoms with Gasteiger partial charge in [0.2, 0.25) is 0 Å². The van der Waals surface area contributed by atoms with E-state index in [4.69, 9.17) is 4.74 Å². The van der Waals surface area contributed by atoms with Crippen LogP contribution in [0.5, 0.6) is 0 Å². The van der Waals surface area contributed by atoms with Gasteiger partial charge in [-0.05, 0) is 18.5 Å². The smallest absolute Gasteiger partial charge is 0.0948 e. The largest absolute Gasteiger partial charge is 0.389 e. The Morgan fingerprint density at radius 2 is 2.07 bits per heavy atom. The summed E-state index contributed by atoms with van der Waals surface area (Å²) in [5.74, 6) is 0. The minimum atomic E-state index is -0.347. The molecule has 1 fully saturated rings. The topological polar surface area (TPSA) is 41.5 Å². The number of ether oxygens (including phenoxy) is 1. The molecule has 1 aromatic rings. The molecule has 3 nitrogen and oxygen atoms in total. The van der Waals surface area contributed by atoms with Crippen LogP contribution in [0.4, 0.5) is 0 Å². The van der Waals surface area contributed by atoms with Crippen LogP contribution in [-0.4, -0.2) is 37.0 Å². The SMILES string of the molecule is OC1COCC1NCCc1ccccc1. The lowest BCUT2D eigenvalue weighted by Crippen LogP contribution is -2.39. The van der Waals surface area contributed by atoms with E-state index >= 15 is 0 Å². The average Bonchev–Trinajstić information content (AvgIpc) is 2.66. The third-order valence-electron chi connectivity index (χ3n) is 2.71. The molecule has 0 aliphatic carbocycles. The van der Waals surface area contributed by atoms with Crippen LogP contribution < -0.4 is 5.32 Å². The monoisotopic (exact) mass is 207 g/mol. The van der Waals surface area contributed by atoms with Gasteiger partial charge < -0.3 is 15.2 Å². The summed E-state index contributed by atoms with van der Waals surface area (Å²) in [4.78, 5) is 0. The number of hydrogen-bond donors (Lipinski definition) is 2. The van der Waals surface area contributed by atoms with Crippen molar-refractivity contribution in [3.05, 3.63) is 35.9 Å². The van der Waals surface area contributed by atoms with Gasteiger partial charge in [0.25, 0.3) is 0 Å². The molecule has 1 aliphatic rings. The molecule has 1 aliphatic heterocycles. The molecule has 2 unspecified atom stereocenters. The number of benzene rings is 1. The van der Waals surface area contributed by atoms with Gasteiger partial charge in [-0.1, -0.05) is 30.3 Å². The summed E-state index contributed by atoms with van der Waals surface area (Å²) in [6.07, 6.45) is 0.644. The molecular formula is C12H17NO2. The van der Waals surface area contributed by atoms with Gasteiger partial charge >= 0.3 is 0 Å². The molecule has 0 radical (unpaired) electrons. The van der Waals surface area contributed by atoms with Crippen LogP contribution >= 0.6 is 0 Å². The molecular weight excluding hydrogens is 190 g/mol. The van der Waals surface area contributed by atoms with Crippen molar-refractivity contribution < 1.29 is 9.84 Å². The second-order valence-corrected chi connectivity index (χ2v) is 3.90. The predicted octanol–water partition coefficient (Wildman–Crippen LogP) is 0.578. The van der Waals surface area contributed by atoms with Gasteiger partial charge in [-0.2, -0.15) is 0 Å². The molecule has 0 saturated carbocycles. The van der Waals surface area contributed by atoms with Crippen LogP contribution in [0.3, 0.4) is 0 Å². The second kappa shape index (κ2) is 5.26. The number of rotatable bonds is 4. The predicted molar refractivity (Wildman–Crippen MR) is 58.8 cm³/mol. The van der Waals surface area contributed by atoms with E-state index < -0.39 is 0 Å². The van der Waals surface area contributed by atoms with E-state index in [-0.39, 0.29) is 12.1 Å². The van der Waals surface area contributed by atoms with Gasteiger partial charge in [0.05, 0.1) is 25.4 Å². The Morgan fingerprint density at radius 3 is 2.73 bits per heavy atom. The van der Waals surface area contributed by atoms with Crippen molar-refractivity contribution in [1.82, 2.24) is 5.32 Å². The molecule has 82 valence electrons. The van der Waals surface area contributed by atoms with Gasteiger partial charge in [-0.25, -0.2) is 0 Å². The second-order valence-electron chi connectivity index (χ2n) is 3.90. The van der Waals surface area contributed by atoms with E-state index in [0.29, 0.717) is 13.2 Å². The van der Waals surface area contributed by atoms with Crippen LogP contribution in [0.15, 0.2) is 30.3 Å². The van der Waals surface area contributed by atoms with Crippen LogP contribution in [0.25, 0.3) is 0 Å². The first kappa shape index (κ1) is 10.6. The van der Waals surface area contributed by atoms with Gasteiger partial charge in [0, 0.05) is 0 Å². The summed E-state index contributed by atoms with van der Waals surface area (Å²) >= 11 is 0. The van der Waals surface area contributed by atoms with Crippen molar-refractivity contribution in [2.45, 2.75) is 18.6 Å². The van der Waals surface area contributed by atoms with Gasteiger partial charge in [0.1, 0.15) is 0 Å². The molecule has 3 heteroatoms. The van der Waals surface area contributed by atoms with Crippen molar-refractivity contribution in [3.63, 3.8) is 0 Å². The van der Waals surface area contributed by atoms with Crippen molar-refractivity contribution >= 4 is 0 Å². The number of aliphatic hydroxyl groups excluding tert-OH is 1. The normalized spacial score (nSPS) is 25.7. The Kier molecular flexibility index (Phi) is 3.72. The first-order valence-corrected chi connectivity index (χ1v) is 5.39. The van der Waals surface area contributed by atoms with Crippen LogP contribution in [-0.2, 0) is 11.2 Å². The molecule has 0 bridgehead atoms. The highest BCUT2D eigenvalue weighted by molar-refractivity contribution is 5.14. The fourth-order valence-electron chi connectivity index (χ4n) is 1.78. The summed E-state index contributed by atoms with van der Waals surface area (Å²) in [6.45, 7) is 1.97. The first-order chi connectivity index (χ1) is 7.36. The van der Waals surface area contributed by atoms with Gasteiger partial charge in [-0.15, -0.1) is 0 Å². The molecule has 1 saturated heterocycles. The Morgan fingerprint density at radius 1 is 1.27 bits per heavy atom. The summed E-state index contributed by atoms with van der Waals surface area (Å²) in [5.41, 5.74) is 1.32. The van der Waals surface area contributed by atoms with Crippen molar-refractivity contribution in [1.29, 1.82) is 0 Å². The quantitative estimate of drug-likeness (QED) is 0.759. The molecule has 1 heterocycles. The van der Waals surface area contributed by atoms with Gasteiger partial charge in [-0.3, -0.25) is 0 Å². The van der Waals surface area contributed by atoms with Crippen molar-refractivity contribution in [2.24, 2.45) is 0 Å². The number of hydrogen-bond acceptors (Lipinski definition) is 3. The van der Waals surface area contributed by atoms with Gasteiger partial charge in [0.15, 0.2) is 0 Å². The lowest BCUT2D eigenvalue weighted by molar-refractivity contribution is 0.122. The Balaban J connectivity index is 1.71. The fourth-order valence-corrected chi connectivity index (χ4v) is 1.78. The molecule has 0 aromatic heterocycles. The zero-order valence-corrected chi connectivity index (χ0v) is 8.73. The maximum atomic E-state index is 9.50. The summed E-state index contributed by atoms with van der Waals surface area (Å²) in [7, 11) is 0. The third kappa shape index (κ3) is 3.02. The molecule has 15 heavy (non-hydrogen) atoms. The highest BCUT2D eigenvalue weighted by Gasteiger charge is 2.24. The third-order valence-corrected chi connectivity index (χ3v) is 2.71. The molecule has 0 amide bonds. The van der Waals surface area contributed by atoms with E-state index in [1.165, 1.54) is 5.56 Å². The molecule has 2 rings (SSSR count). The van der Waals surface area contributed by atoms with E-state index in [1.807, 2.05) is 18.2 Å². The van der Waals surface area contributed by atoms with E-state index in [9.17, 15) is 5.11 Å². The van der Waals surface area contributed by atoms with E-state index in [2.05, 4.69) is 17.4 Å². The summed E-state index contributed by atoms with van der Waals surface area (Å²) in [6, 6.07) is 10.4. The number of aliphatic hydroxyl groups is 1. The summed E-state index contributed by atoms with van der Waals surface area (Å²) < 4.78 is 5.16. The van der Waals surface area contributed by atoms with Crippen molar-refractivity contribution in [2.75, 3.05) is 19.8 Å². The Bertz CT molecular complexity index is 289. The Labute approximate surface area is 90.1 Å². The minimum absolute atomic E-state index is 0.105. The maximum Gasteiger partial charge on any atom is 0.0948 e.